The average molecular weight is 365 g/mol. The van der Waals surface area contributed by atoms with Gasteiger partial charge in [0, 0.05) is 18.1 Å². The molecule has 0 bridgehead atoms. The SMILES string of the molecule is CCCCCn1nc(C(=O)N/N=C(\C)c2ccc[nH]2)c2ccccc2c1=O. The number of rotatable bonds is 7. The zero-order chi connectivity index (χ0) is 19.2. The molecule has 0 aliphatic heterocycles. The molecular formula is C20H23N5O2. The molecule has 2 aromatic heterocycles. The van der Waals surface area contributed by atoms with Gasteiger partial charge in [-0.25, -0.2) is 10.1 Å². The molecule has 1 aromatic carbocycles. The van der Waals surface area contributed by atoms with Gasteiger partial charge in [-0.1, -0.05) is 38.0 Å². The Labute approximate surface area is 157 Å². The Kier molecular flexibility index (Phi) is 5.80. The molecule has 0 unspecified atom stereocenters. The molecule has 2 heterocycles. The molecule has 0 spiro atoms. The molecule has 2 N–H and O–H groups in total. The van der Waals surface area contributed by atoms with Gasteiger partial charge in [-0.05, 0) is 31.5 Å². The van der Waals surface area contributed by atoms with E-state index in [0.29, 0.717) is 23.0 Å². The molecule has 3 rings (SSSR count). The largest absolute Gasteiger partial charge is 0.360 e. The Morgan fingerprint density at radius 2 is 1.96 bits per heavy atom. The van der Waals surface area contributed by atoms with Gasteiger partial charge in [-0.2, -0.15) is 10.2 Å². The smallest absolute Gasteiger partial charge is 0.292 e. The minimum atomic E-state index is -0.443. The third kappa shape index (κ3) is 4.13. The summed E-state index contributed by atoms with van der Waals surface area (Å²) in [6.07, 6.45) is 4.68. The molecule has 0 aliphatic rings. The molecule has 27 heavy (non-hydrogen) atoms. The Morgan fingerprint density at radius 1 is 1.19 bits per heavy atom. The molecule has 1 amide bonds. The van der Waals surface area contributed by atoms with Crippen LogP contribution in [0.3, 0.4) is 0 Å². The molecular weight excluding hydrogens is 342 g/mol. The lowest BCUT2D eigenvalue weighted by Gasteiger charge is -2.10. The summed E-state index contributed by atoms with van der Waals surface area (Å²) in [6.45, 7) is 4.38. The van der Waals surface area contributed by atoms with Crippen molar-refractivity contribution in [2.45, 2.75) is 39.7 Å². The number of fused-ring (bicyclic) bond motifs is 1. The molecule has 140 valence electrons. The van der Waals surface area contributed by atoms with Crippen LogP contribution in [0, 0.1) is 0 Å². The standard InChI is InChI=1S/C20H23N5O2/c1-3-4-7-13-25-20(27)16-10-6-5-9-15(16)18(24-25)19(26)23-22-14(2)17-11-8-12-21-17/h5-6,8-12,21H,3-4,7,13H2,1-2H3,(H,23,26)/b22-14+. The van der Waals surface area contributed by atoms with Gasteiger partial charge >= 0.3 is 0 Å². The molecule has 0 saturated heterocycles. The van der Waals surface area contributed by atoms with Gasteiger partial charge in [0.2, 0.25) is 0 Å². The van der Waals surface area contributed by atoms with E-state index in [1.165, 1.54) is 4.68 Å². The van der Waals surface area contributed by atoms with E-state index in [1.54, 1.807) is 37.4 Å². The number of H-pyrrole nitrogens is 1. The second kappa shape index (κ2) is 8.44. The van der Waals surface area contributed by atoms with Gasteiger partial charge in [0.1, 0.15) is 0 Å². The summed E-state index contributed by atoms with van der Waals surface area (Å²) in [5.74, 6) is -0.443. The van der Waals surface area contributed by atoms with E-state index >= 15 is 0 Å². The van der Waals surface area contributed by atoms with Crippen LogP contribution < -0.4 is 11.0 Å². The summed E-state index contributed by atoms with van der Waals surface area (Å²) >= 11 is 0. The summed E-state index contributed by atoms with van der Waals surface area (Å²) < 4.78 is 1.38. The van der Waals surface area contributed by atoms with Crippen LogP contribution in [0.25, 0.3) is 10.8 Å². The minimum absolute atomic E-state index is 0.177. The van der Waals surface area contributed by atoms with Crippen LogP contribution >= 0.6 is 0 Å². The second-order valence-corrected chi connectivity index (χ2v) is 6.35. The van der Waals surface area contributed by atoms with Gasteiger partial charge < -0.3 is 4.98 Å². The number of amides is 1. The molecule has 0 aliphatic carbocycles. The first-order valence-corrected chi connectivity index (χ1v) is 9.10. The van der Waals surface area contributed by atoms with Gasteiger partial charge in [-0.15, -0.1) is 0 Å². The fraction of sp³-hybridized carbons (Fsp3) is 0.300. The van der Waals surface area contributed by atoms with E-state index < -0.39 is 5.91 Å². The third-order valence-electron chi connectivity index (χ3n) is 4.37. The third-order valence-corrected chi connectivity index (χ3v) is 4.37. The van der Waals surface area contributed by atoms with Crippen LogP contribution in [0.5, 0.6) is 0 Å². The van der Waals surface area contributed by atoms with Crippen LogP contribution in [0.1, 0.15) is 49.3 Å². The fourth-order valence-electron chi connectivity index (χ4n) is 2.87. The number of aryl methyl sites for hydroxylation is 1. The van der Waals surface area contributed by atoms with Gasteiger partial charge in [0.25, 0.3) is 11.5 Å². The van der Waals surface area contributed by atoms with E-state index in [-0.39, 0.29) is 11.3 Å². The Bertz CT molecular complexity index is 1020. The molecule has 7 heteroatoms. The molecule has 0 saturated carbocycles. The predicted octanol–water partition coefficient (Wildman–Crippen LogP) is 3.07. The van der Waals surface area contributed by atoms with Crippen LogP contribution in [0.2, 0.25) is 0 Å². The molecule has 0 atom stereocenters. The van der Waals surface area contributed by atoms with E-state index in [9.17, 15) is 9.59 Å². The van der Waals surface area contributed by atoms with Crippen molar-refractivity contribution >= 4 is 22.4 Å². The fourth-order valence-corrected chi connectivity index (χ4v) is 2.87. The predicted molar refractivity (Wildman–Crippen MR) is 106 cm³/mol. The number of benzene rings is 1. The number of nitrogens with one attached hydrogen (secondary N) is 2. The first-order valence-electron chi connectivity index (χ1n) is 9.10. The molecule has 3 aromatic rings. The lowest BCUT2D eigenvalue weighted by Crippen LogP contribution is -2.29. The van der Waals surface area contributed by atoms with Crippen molar-refractivity contribution in [2.75, 3.05) is 0 Å². The van der Waals surface area contributed by atoms with Crippen LogP contribution in [-0.4, -0.2) is 26.4 Å². The maximum absolute atomic E-state index is 12.7. The van der Waals surface area contributed by atoms with Crippen molar-refractivity contribution in [3.8, 4) is 0 Å². The average Bonchev–Trinajstić information content (AvgIpc) is 3.23. The Hall–Kier alpha value is -3.22. The second-order valence-electron chi connectivity index (χ2n) is 6.35. The van der Waals surface area contributed by atoms with Crippen LogP contribution in [-0.2, 0) is 6.54 Å². The van der Waals surface area contributed by atoms with Crippen molar-refractivity contribution in [3.05, 3.63) is 64.3 Å². The summed E-state index contributed by atoms with van der Waals surface area (Å²) in [5.41, 5.74) is 4.03. The zero-order valence-electron chi connectivity index (χ0n) is 15.5. The lowest BCUT2D eigenvalue weighted by molar-refractivity contribution is 0.0949. The molecule has 0 fully saturated rings. The number of aromatic amines is 1. The summed E-state index contributed by atoms with van der Waals surface area (Å²) in [5, 5.41) is 9.48. The number of hydrogen-bond acceptors (Lipinski definition) is 4. The van der Waals surface area contributed by atoms with Crippen molar-refractivity contribution < 1.29 is 4.79 Å². The first kappa shape index (κ1) is 18.6. The normalized spacial score (nSPS) is 11.7. The van der Waals surface area contributed by atoms with E-state index in [0.717, 1.165) is 25.0 Å². The number of carbonyl (C=O) groups is 1. The quantitative estimate of drug-likeness (QED) is 0.383. The Morgan fingerprint density at radius 3 is 2.67 bits per heavy atom. The first-order chi connectivity index (χ1) is 13.1. The summed E-state index contributed by atoms with van der Waals surface area (Å²) in [7, 11) is 0. The van der Waals surface area contributed by atoms with Crippen LogP contribution in [0.15, 0.2) is 52.5 Å². The summed E-state index contributed by atoms with van der Waals surface area (Å²) in [6, 6.07) is 10.8. The Balaban J connectivity index is 1.94. The van der Waals surface area contributed by atoms with E-state index in [1.807, 2.05) is 12.1 Å². The topological polar surface area (TPSA) is 92.1 Å². The number of carbonyl (C=O) groups excluding carboxylic acids is 1. The number of nitrogens with zero attached hydrogens (tertiary/aromatic N) is 3. The van der Waals surface area contributed by atoms with Crippen molar-refractivity contribution in [3.63, 3.8) is 0 Å². The van der Waals surface area contributed by atoms with Crippen LogP contribution in [0.4, 0.5) is 0 Å². The maximum atomic E-state index is 12.7. The van der Waals surface area contributed by atoms with E-state index in [2.05, 4.69) is 27.5 Å². The van der Waals surface area contributed by atoms with Gasteiger partial charge in [0.15, 0.2) is 5.69 Å². The summed E-state index contributed by atoms with van der Waals surface area (Å²) in [4.78, 5) is 28.4. The van der Waals surface area contributed by atoms with Crippen molar-refractivity contribution in [1.29, 1.82) is 0 Å². The lowest BCUT2D eigenvalue weighted by atomic mass is 10.1. The molecule has 7 nitrogen and oxygen atoms in total. The number of hydrogen-bond donors (Lipinski definition) is 2. The van der Waals surface area contributed by atoms with E-state index in [4.69, 9.17) is 0 Å². The highest BCUT2D eigenvalue weighted by Crippen LogP contribution is 2.13. The monoisotopic (exact) mass is 365 g/mol. The number of hydrazone groups is 1. The maximum Gasteiger partial charge on any atom is 0.292 e. The highest BCUT2D eigenvalue weighted by molar-refractivity contribution is 6.05. The van der Waals surface area contributed by atoms with Gasteiger partial charge in [0.05, 0.1) is 16.8 Å². The highest BCUT2D eigenvalue weighted by Gasteiger charge is 2.16. The number of aromatic nitrogens is 3. The molecule has 0 radical (unpaired) electrons. The minimum Gasteiger partial charge on any atom is -0.360 e. The number of unbranched alkanes of at least 4 members (excludes halogenated alkanes) is 2. The van der Waals surface area contributed by atoms with Crippen molar-refractivity contribution in [1.82, 2.24) is 20.2 Å². The zero-order valence-corrected chi connectivity index (χ0v) is 15.5. The van der Waals surface area contributed by atoms with Crippen molar-refractivity contribution in [2.24, 2.45) is 5.10 Å². The highest BCUT2D eigenvalue weighted by atomic mass is 16.2. The van der Waals surface area contributed by atoms with Gasteiger partial charge in [-0.3, -0.25) is 9.59 Å².